The van der Waals surface area contributed by atoms with Gasteiger partial charge >= 0.3 is 6.03 Å². The molecule has 1 atom stereocenters. The van der Waals surface area contributed by atoms with E-state index in [4.69, 9.17) is 4.42 Å². The summed E-state index contributed by atoms with van der Waals surface area (Å²) in [6.45, 7) is 1.65. The van der Waals surface area contributed by atoms with Gasteiger partial charge in [-0.2, -0.15) is 0 Å². The number of H-pyrrole nitrogens is 1. The van der Waals surface area contributed by atoms with Gasteiger partial charge < -0.3 is 14.7 Å². The molecular formula is C15H15N5O3S. The first-order valence-electron chi connectivity index (χ1n) is 7.17. The van der Waals surface area contributed by atoms with Crippen molar-refractivity contribution in [3.8, 4) is 11.5 Å². The Morgan fingerprint density at radius 1 is 1.29 bits per heavy atom. The zero-order valence-corrected chi connectivity index (χ0v) is 13.8. The number of urea groups is 1. The molecule has 9 heteroatoms. The molecular weight excluding hydrogens is 330 g/mol. The Bertz CT molecular complexity index is 888. The summed E-state index contributed by atoms with van der Waals surface area (Å²) in [6.07, 6.45) is 1.80. The molecule has 0 bridgehead atoms. The second-order valence-electron chi connectivity index (χ2n) is 4.95. The minimum Gasteiger partial charge on any atom is -0.411 e. The Hall–Kier alpha value is -2.81. The lowest BCUT2D eigenvalue weighted by Gasteiger charge is -2.07. The van der Waals surface area contributed by atoms with E-state index in [0.717, 1.165) is 28.2 Å². The third-order valence-corrected chi connectivity index (χ3v) is 4.27. The summed E-state index contributed by atoms with van der Waals surface area (Å²) in [5, 5.41) is 13.2. The summed E-state index contributed by atoms with van der Waals surface area (Å²) in [4.78, 5) is 26.1. The van der Waals surface area contributed by atoms with Crippen molar-refractivity contribution in [2.45, 2.75) is 17.4 Å². The fraction of sp³-hybridized carbons (Fsp3) is 0.200. The monoisotopic (exact) mass is 345 g/mol. The summed E-state index contributed by atoms with van der Waals surface area (Å²) < 4.78 is 5.63. The van der Waals surface area contributed by atoms with Crippen LogP contribution in [0.25, 0.3) is 22.4 Å². The lowest BCUT2D eigenvalue weighted by molar-refractivity contribution is -0.119. The highest BCUT2D eigenvalue weighted by atomic mass is 32.2. The molecule has 0 aliphatic heterocycles. The number of amides is 3. The van der Waals surface area contributed by atoms with E-state index in [1.54, 1.807) is 13.1 Å². The highest BCUT2D eigenvalue weighted by Crippen LogP contribution is 2.30. The molecule has 8 nitrogen and oxygen atoms in total. The van der Waals surface area contributed by atoms with Crippen LogP contribution in [0.2, 0.25) is 0 Å². The zero-order chi connectivity index (χ0) is 17.1. The number of aromatic amines is 1. The number of carbonyl (C=O) groups excluding carboxylic acids is 2. The van der Waals surface area contributed by atoms with Crippen LogP contribution in [0.15, 0.2) is 40.1 Å². The van der Waals surface area contributed by atoms with Crippen LogP contribution in [0.1, 0.15) is 6.92 Å². The van der Waals surface area contributed by atoms with Crippen LogP contribution in [0, 0.1) is 0 Å². The third kappa shape index (κ3) is 3.25. The van der Waals surface area contributed by atoms with Crippen molar-refractivity contribution in [1.82, 2.24) is 25.8 Å². The first-order valence-corrected chi connectivity index (χ1v) is 8.05. The highest BCUT2D eigenvalue weighted by Gasteiger charge is 2.20. The maximum atomic E-state index is 11.8. The van der Waals surface area contributed by atoms with Crippen molar-refractivity contribution in [1.29, 1.82) is 0 Å². The molecule has 3 rings (SSSR count). The Labute approximate surface area is 141 Å². The Kier molecular flexibility index (Phi) is 4.52. The van der Waals surface area contributed by atoms with Gasteiger partial charge in [-0.05, 0) is 13.0 Å². The normalized spacial score (nSPS) is 12.1. The van der Waals surface area contributed by atoms with Crippen LogP contribution in [-0.4, -0.2) is 39.4 Å². The van der Waals surface area contributed by atoms with Crippen molar-refractivity contribution >= 4 is 34.6 Å². The number of nitrogens with zero attached hydrogens (tertiary/aromatic N) is 2. The minimum absolute atomic E-state index is 0.259. The van der Waals surface area contributed by atoms with Gasteiger partial charge in [0.25, 0.3) is 11.1 Å². The van der Waals surface area contributed by atoms with Gasteiger partial charge in [-0.1, -0.05) is 30.0 Å². The molecule has 0 spiro atoms. The van der Waals surface area contributed by atoms with E-state index < -0.39 is 17.2 Å². The average Bonchev–Trinajstić information content (AvgIpc) is 3.20. The summed E-state index contributed by atoms with van der Waals surface area (Å²) in [7, 11) is 1.44. The Balaban J connectivity index is 1.74. The van der Waals surface area contributed by atoms with Gasteiger partial charge in [0.05, 0.1) is 10.8 Å². The summed E-state index contributed by atoms with van der Waals surface area (Å²) in [6, 6.07) is 7.21. The molecule has 0 radical (unpaired) electrons. The Morgan fingerprint density at radius 3 is 2.88 bits per heavy atom. The number of imide groups is 1. The van der Waals surface area contributed by atoms with Crippen LogP contribution >= 0.6 is 11.8 Å². The molecule has 0 saturated heterocycles. The standard InChI is InChI=1S/C15H15N5O3S/c1-8(12(21)18-14(22)16-2)24-15-20-19-13(23-15)10-7-17-11-6-4-3-5-9(10)11/h3-8,17H,1-2H3,(H2,16,18,21,22)/t8-/m0/s1. The number of nitrogens with one attached hydrogen (secondary N) is 3. The first-order chi connectivity index (χ1) is 11.6. The molecule has 3 aromatic rings. The van der Waals surface area contributed by atoms with Gasteiger partial charge in [-0.15, -0.1) is 10.2 Å². The van der Waals surface area contributed by atoms with Crippen molar-refractivity contribution in [2.75, 3.05) is 7.05 Å². The van der Waals surface area contributed by atoms with Crippen molar-refractivity contribution in [3.63, 3.8) is 0 Å². The Morgan fingerprint density at radius 2 is 2.08 bits per heavy atom. The molecule has 24 heavy (non-hydrogen) atoms. The van der Waals surface area contributed by atoms with Crippen molar-refractivity contribution in [2.24, 2.45) is 0 Å². The number of carbonyl (C=O) groups is 2. The van der Waals surface area contributed by atoms with Crippen molar-refractivity contribution < 1.29 is 14.0 Å². The number of fused-ring (bicyclic) bond motifs is 1. The van der Waals surface area contributed by atoms with Crippen LogP contribution in [0.4, 0.5) is 4.79 Å². The zero-order valence-electron chi connectivity index (χ0n) is 13.0. The largest absolute Gasteiger partial charge is 0.411 e. The number of hydrogen-bond acceptors (Lipinski definition) is 6. The molecule has 1 aromatic carbocycles. The maximum Gasteiger partial charge on any atom is 0.321 e. The minimum atomic E-state index is -0.558. The number of hydrogen-bond donors (Lipinski definition) is 3. The fourth-order valence-electron chi connectivity index (χ4n) is 2.10. The second-order valence-corrected chi connectivity index (χ2v) is 6.24. The molecule has 3 N–H and O–H groups in total. The van der Waals surface area contributed by atoms with E-state index in [1.165, 1.54) is 7.05 Å². The van der Waals surface area contributed by atoms with Gasteiger partial charge in [0.15, 0.2) is 0 Å². The summed E-state index contributed by atoms with van der Waals surface area (Å²) in [5.41, 5.74) is 1.77. The molecule has 0 fully saturated rings. The van der Waals surface area contributed by atoms with E-state index in [9.17, 15) is 9.59 Å². The van der Waals surface area contributed by atoms with Gasteiger partial charge in [0.1, 0.15) is 0 Å². The predicted molar refractivity (Wildman–Crippen MR) is 89.5 cm³/mol. The number of aromatic nitrogens is 3. The predicted octanol–water partition coefficient (Wildman–Crippen LogP) is 2.15. The number of benzene rings is 1. The van der Waals surface area contributed by atoms with Gasteiger partial charge in [-0.3, -0.25) is 10.1 Å². The van der Waals surface area contributed by atoms with E-state index in [-0.39, 0.29) is 5.22 Å². The SMILES string of the molecule is CNC(=O)NC(=O)[C@H](C)Sc1nnc(-c2c[nH]c3ccccc23)o1. The molecule has 2 aromatic heterocycles. The van der Waals surface area contributed by atoms with E-state index in [1.807, 2.05) is 24.3 Å². The maximum absolute atomic E-state index is 11.8. The second kappa shape index (κ2) is 6.75. The lowest BCUT2D eigenvalue weighted by Crippen LogP contribution is -2.41. The van der Waals surface area contributed by atoms with Crippen molar-refractivity contribution in [3.05, 3.63) is 30.5 Å². The summed E-state index contributed by atoms with van der Waals surface area (Å²) in [5.74, 6) is -0.0694. The van der Waals surface area contributed by atoms with E-state index in [0.29, 0.717) is 5.89 Å². The van der Waals surface area contributed by atoms with Crippen LogP contribution in [0.5, 0.6) is 0 Å². The molecule has 0 aliphatic rings. The molecule has 124 valence electrons. The number of thioether (sulfide) groups is 1. The number of rotatable bonds is 4. The molecule has 0 saturated carbocycles. The van der Waals surface area contributed by atoms with Gasteiger partial charge in [-0.25, -0.2) is 4.79 Å². The fourth-order valence-corrected chi connectivity index (χ4v) is 2.78. The lowest BCUT2D eigenvalue weighted by atomic mass is 10.2. The molecule has 0 aliphatic carbocycles. The van der Waals surface area contributed by atoms with Gasteiger partial charge in [0.2, 0.25) is 5.91 Å². The topological polar surface area (TPSA) is 113 Å². The highest BCUT2D eigenvalue weighted by molar-refractivity contribution is 8.00. The first kappa shape index (κ1) is 16.1. The quantitative estimate of drug-likeness (QED) is 0.625. The summed E-state index contributed by atoms with van der Waals surface area (Å²) >= 11 is 1.09. The van der Waals surface area contributed by atoms with Gasteiger partial charge in [0, 0.05) is 24.1 Å². The number of para-hydroxylation sites is 1. The van der Waals surface area contributed by atoms with Crippen LogP contribution in [-0.2, 0) is 4.79 Å². The smallest absolute Gasteiger partial charge is 0.321 e. The van der Waals surface area contributed by atoms with E-state index in [2.05, 4.69) is 25.8 Å². The van der Waals surface area contributed by atoms with Crippen LogP contribution < -0.4 is 10.6 Å². The van der Waals surface area contributed by atoms with Crippen LogP contribution in [0.3, 0.4) is 0 Å². The molecule has 2 heterocycles. The molecule has 0 unspecified atom stereocenters. The average molecular weight is 345 g/mol. The van der Waals surface area contributed by atoms with E-state index >= 15 is 0 Å². The third-order valence-electron chi connectivity index (χ3n) is 3.34. The molecule has 3 amide bonds.